The molecule has 0 N–H and O–H groups in total. The molecule has 0 bridgehead atoms. The molecule has 2 nitrogen and oxygen atoms in total. The fourth-order valence-electron chi connectivity index (χ4n) is 4.38. The van der Waals surface area contributed by atoms with Crippen LogP contribution in [0.15, 0.2) is 115 Å². The van der Waals surface area contributed by atoms with Gasteiger partial charge in [0.15, 0.2) is 0 Å². The molecule has 0 saturated carbocycles. The van der Waals surface area contributed by atoms with Crippen LogP contribution in [0, 0.1) is 0 Å². The van der Waals surface area contributed by atoms with Crippen molar-refractivity contribution >= 4 is 34.1 Å². The van der Waals surface area contributed by atoms with Gasteiger partial charge in [-0.1, -0.05) is 109 Å². The number of carbonyl (C=O) groups is 1. The van der Waals surface area contributed by atoms with Gasteiger partial charge in [0.1, 0.15) is 0 Å². The molecule has 4 rings (SSSR count). The standard InChI is InChI=1S/C28H27O2P/c1-30-28(29)22-21-23-13-11-12-20-27(23)31(24-14-5-2-6-15-24,25-16-7-3-8-17-25)26-18-9-4-10-19-26/h2-19H,20-22H2,1H3. The van der Waals surface area contributed by atoms with E-state index in [0.717, 1.165) is 6.42 Å². The molecule has 3 aromatic rings. The van der Waals surface area contributed by atoms with Gasteiger partial charge < -0.3 is 4.74 Å². The van der Waals surface area contributed by atoms with E-state index in [-0.39, 0.29) is 5.97 Å². The van der Waals surface area contributed by atoms with Gasteiger partial charge in [-0.15, -0.1) is 0 Å². The Labute approximate surface area is 184 Å². The summed E-state index contributed by atoms with van der Waals surface area (Å²) in [5.74, 6) is -0.169. The summed E-state index contributed by atoms with van der Waals surface area (Å²) in [5.41, 5.74) is 1.25. The lowest BCUT2D eigenvalue weighted by Gasteiger charge is -2.34. The summed E-state index contributed by atoms with van der Waals surface area (Å²) in [5, 5.41) is 5.42. The molecule has 1 aliphatic rings. The highest BCUT2D eigenvalue weighted by atomic mass is 31.2. The molecule has 0 fully saturated rings. The second-order valence-electron chi connectivity index (χ2n) is 7.52. The molecule has 0 aliphatic heterocycles. The molecule has 0 heterocycles. The van der Waals surface area contributed by atoms with E-state index < -0.39 is 6.89 Å². The highest BCUT2D eigenvalue weighted by molar-refractivity contribution is 7.95. The van der Waals surface area contributed by atoms with E-state index in [2.05, 4.69) is 109 Å². The van der Waals surface area contributed by atoms with E-state index in [1.807, 2.05) is 0 Å². The van der Waals surface area contributed by atoms with Crippen molar-refractivity contribution in [3.63, 3.8) is 0 Å². The average molecular weight is 426 g/mol. The maximum atomic E-state index is 12.0. The summed E-state index contributed by atoms with van der Waals surface area (Å²) in [7, 11) is 1.46. The quantitative estimate of drug-likeness (QED) is 0.410. The molecule has 0 spiro atoms. The Kier molecular flexibility index (Phi) is 6.70. The fourth-order valence-corrected chi connectivity index (χ4v) is 9.06. The molecule has 0 radical (unpaired) electrons. The van der Waals surface area contributed by atoms with Crippen molar-refractivity contribution in [1.82, 2.24) is 0 Å². The van der Waals surface area contributed by atoms with Gasteiger partial charge in [0.2, 0.25) is 0 Å². The number of carbonyl (C=O) groups excluding carboxylic acids is 1. The lowest BCUT2D eigenvalue weighted by atomic mass is 10.0. The van der Waals surface area contributed by atoms with Crippen LogP contribution >= 0.6 is 6.89 Å². The van der Waals surface area contributed by atoms with E-state index in [1.54, 1.807) is 0 Å². The van der Waals surface area contributed by atoms with Crippen molar-refractivity contribution in [3.05, 3.63) is 115 Å². The number of benzene rings is 3. The molecule has 0 unspecified atom stereocenters. The van der Waals surface area contributed by atoms with E-state index in [0.29, 0.717) is 12.8 Å². The van der Waals surface area contributed by atoms with Gasteiger partial charge in [-0.25, -0.2) is 0 Å². The number of methoxy groups -OCH3 is 1. The fraction of sp³-hybridized carbons (Fsp3) is 0.143. The van der Waals surface area contributed by atoms with Gasteiger partial charge in [0, 0.05) is 6.42 Å². The Hall–Kier alpha value is -3.09. The second kappa shape index (κ2) is 9.81. The molecular weight excluding hydrogens is 399 g/mol. The van der Waals surface area contributed by atoms with Crippen LogP contribution in [0.5, 0.6) is 0 Å². The van der Waals surface area contributed by atoms with Crippen LogP contribution in [-0.2, 0) is 9.53 Å². The minimum Gasteiger partial charge on any atom is -0.469 e. The van der Waals surface area contributed by atoms with Crippen molar-refractivity contribution in [1.29, 1.82) is 0 Å². The zero-order valence-electron chi connectivity index (χ0n) is 17.8. The summed E-state index contributed by atoms with van der Waals surface area (Å²) >= 11 is 0. The Balaban J connectivity index is 2.08. The summed E-state index contributed by atoms with van der Waals surface area (Å²) in [4.78, 5) is 12.0. The largest absolute Gasteiger partial charge is 0.469 e. The van der Waals surface area contributed by atoms with Crippen LogP contribution in [0.2, 0.25) is 0 Å². The maximum absolute atomic E-state index is 12.0. The van der Waals surface area contributed by atoms with E-state index in [1.165, 1.54) is 33.9 Å². The average Bonchev–Trinajstić information content (AvgIpc) is 2.86. The molecule has 0 amide bonds. The SMILES string of the molecule is COC(=O)CCC1=CC=CCC1=P(c1ccccc1)(c1ccccc1)c1ccccc1. The predicted octanol–water partition coefficient (Wildman–Crippen LogP) is 4.99. The van der Waals surface area contributed by atoms with Crippen molar-refractivity contribution in [2.75, 3.05) is 7.11 Å². The lowest BCUT2D eigenvalue weighted by Crippen LogP contribution is -2.31. The van der Waals surface area contributed by atoms with Crippen LogP contribution < -0.4 is 15.9 Å². The number of rotatable bonds is 6. The monoisotopic (exact) mass is 426 g/mol. The first-order valence-electron chi connectivity index (χ1n) is 10.6. The van der Waals surface area contributed by atoms with Crippen molar-refractivity contribution < 1.29 is 9.53 Å². The Morgan fingerprint density at radius 3 is 1.74 bits per heavy atom. The molecule has 1 aliphatic carbocycles. The first kappa shape index (κ1) is 21.2. The first-order valence-corrected chi connectivity index (χ1v) is 12.4. The third kappa shape index (κ3) is 4.22. The molecule has 3 heteroatoms. The van der Waals surface area contributed by atoms with Gasteiger partial charge in [0.25, 0.3) is 0 Å². The summed E-state index contributed by atoms with van der Waals surface area (Å²) in [6.45, 7) is -2.11. The normalized spacial score (nSPS) is 13.6. The van der Waals surface area contributed by atoms with Crippen molar-refractivity contribution in [3.8, 4) is 0 Å². The number of allylic oxidation sites excluding steroid dienone is 4. The summed E-state index contributed by atoms with van der Waals surface area (Å²) in [6.07, 6.45) is 8.48. The molecule has 156 valence electrons. The van der Waals surface area contributed by atoms with E-state index >= 15 is 0 Å². The van der Waals surface area contributed by atoms with Crippen molar-refractivity contribution in [2.24, 2.45) is 0 Å². The predicted molar refractivity (Wildman–Crippen MR) is 133 cm³/mol. The van der Waals surface area contributed by atoms with Gasteiger partial charge >= 0.3 is 5.97 Å². The second-order valence-corrected chi connectivity index (χ2v) is 11.0. The molecule has 0 saturated heterocycles. The zero-order valence-corrected chi connectivity index (χ0v) is 18.7. The van der Waals surface area contributed by atoms with E-state index in [4.69, 9.17) is 4.74 Å². The van der Waals surface area contributed by atoms with Gasteiger partial charge in [-0.2, -0.15) is 0 Å². The van der Waals surface area contributed by atoms with Crippen LogP contribution in [-0.4, -0.2) is 18.4 Å². The van der Waals surface area contributed by atoms with Crippen LogP contribution in [0.1, 0.15) is 19.3 Å². The Morgan fingerprint density at radius 2 is 1.29 bits per heavy atom. The molecule has 0 atom stereocenters. The van der Waals surface area contributed by atoms with Gasteiger partial charge in [-0.3, -0.25) is 4.79 Å². The Bertz CT molecular complexity index is 1040. The number of esters is 1. The minimum atomic E-state index is -2.11. The highest BCUT2D eigenvalue weighted by Crippen LogP contribution is 2.49. The minimum absolute atomic E-state index is 0.169. The van der Waals surface area contributed by atoms with Gasteiger partial charge in [0.05, 0.1) is 7.11 Å². The number of hydrogen-bond acceptors (Lipinski definition) is 2. The van der Waals surface area contributed by atoms with Crippen LogP contribution in [0.25, 0.3) is 0 Å². The molecular formula is C28H27O2P. The lowest BCUT2D eigenvalue weighted by molar-refractivity contribution is -0.140. The first-order chi connectivity index (χ1) is 15.3. The van der Waals surface area contributed by atoms with Crippen molar-refractivity contribution in [2.45, 2.75) is 19.3 Å². The van der Waals surface area contributed by atoms with Gasteiger partial charge in [-0.05, 0) is 46.5 Å². The summed E-state index contributed by atoms with van der Waals surface area (Å²) < 4.78 is 4.93. The third-order valence-corrected chi connectivity index (χ3v) is 10.3. The van der Waals surface area contributed by atoms with Crippen LogP contribution in [0.4, 0.5) is 0 Å². The topological polar surface area (TPSA) is 26.3 Å². The third-order valence-electron chi connectivity index (χ3n) is 5.78. The molecule has 0 aromatic heterocycles. The summed E-state index contributed by atoms with van der Waals surface area (Å²) in [6, 6.07) is 32.6. The Morgan fingerprint density at radius 1 is 0.806 bits per heavy atom. The number of hydrogen-bond donors (Lipinski definition) is 0. The zero-order chi connectivity index (χ0) is 21.5. The highest BCUT2D eigenvalue weighted by Gasteiger charge is 2.31. The molecule has 3 aromatic carbocycles. The smallest absolute Gasteiger partial charge is 0.305 e. The maximum Gasteiger partial charge on any atom is 0.305 e. The van der Waals surface area contributed by atoms with Crippen LogP contribution in [0.3, 0.4) is 0 Å². The van der Waals surface area contributed by atoms with E-state index in [9.17, 15) is 4.79 Å². The molecule has 31 heavy (non-hydrogen) atoms. The number of ether oxygens (including phenoxy) is 1.